The molecule has 0 bridgehead atoms. The second kappa shape index (κ2) is 7.11. The number of benzene rings is 2. The van der Waals surface area contributed by atoms with Crippen LogP contribution in [0.5, 0.6) is 0 Å². The number of nitrogens with zero attached hydrogens (tertiary/aromatic N) is 2. The average molecular weight is 326 g/mol. The molecule has 4 nitrogen and oxygen atoms in total. The summed E-state index contributed by atoms with van der Waals surface area (Å²) < 4.78 is 1.99. The summed E-state index contributed by atoms with van der Waals surface area (Å²) in [5, 5.41) is 3.57. The minimum Gasteiger partial charge on any atom is -0.333 e. The minimum atomic E-state index is -0.0466. The van der Waals surface area contributed by atoms with E-state index in [9.17, 15) is 4.79 Å². The predicted octanol–water partition coefficient (Wildman–Crippen LogP) is 3.77. The van der Waals surface area contributed by atoms with Gasteiger partial charge < -0.3 is 9.88 Å². The normalized spacial score (nSPS) is 10.5. The number of rotatable bonds is 5. The largest absolute Gasteiger partial charge is 0.333 e. The summed E-state index contributed by atoms with van der Waals surface area (Å²) in [6, 6.07) is 15.1. The molecule has 2 aromatic carbocycles. The highest BCUT2D eigenvalue weighted by molar-refractivity contribution is 6.30. The van der Waals surface area contributed by atoms with E-state index in [2.05, 4.69) is 10.3 Å². The number of carbonyl (C=O) groups excluding carboxylic acids is 1. The van der Waals surface area contributed by atoms with Gasteiger partial charge in [0.05, 0.1) is 12.7 Å². The molecule has 0 aliphatic heterocycles. The third kappa shape index (κ3) is 4.44. The zero-order chi connectivity index (χ0) is 16.1. The molecule has 0 fully saturated rings. The van der Waals surface area contributed by atoms with Gasteiger partial charge in [-0.3, -0.25) is 4.79 Å². The van der Waals surface area contributed by atoms with Gasteiger partial charge in [0, 0.05) is 29.6 Å². The minimum absolute atomic E-state index is 0.0466. The molecule has 5 heteroatoms. The molecule has 0 aliphatic rings. The van der Waals surface area contributed by atoms with Crippen LogP contribution >= 0.6 is 11.6 Å². The summed E-state index contributed by atoms with van der Waals surface area (Å²) in [6.07, 6.45) is 5.78. The van der Waals surface area contributed by atoms with Gasteiger partial charge in [0.1, 0.15) is 0 Å². The quantitative estimate of drug-likeness (QED) is 0.776. The molecule has 0 radical (unpaired) electrons. The van der Waals surface area contributed by atoms with Gasteiger partial charge in [-0.2, -0.15) is 0 Å². The number of anilines is 1. The van der Waals surface area contributed by atoms with E-state index in [0.29, 0.717) is 11.4 Å². The fourth-order valence-corrected chi connectivity index (χ4v) is 2.40. The monoisotopic (exact) mass is 325 g/mol. The number of nitrogens with one attached hydrogen (secondary N) is 1. The maximum Gasteiger partial charge on any atom is 0.228 e. The van der Waals surface area contributed by atoms with Crippen molar-refractivity contribution in [2.24, 2.45) is 0 Å². The highest BCUT2D eigenvalue weighted by Crippen LogP contribution is 2.13. The van der Waals surface area contributed by atoms with Crippen molar-refractivity contribution >= 4 is 23.2 Å². The molecule has 1 heterocycles. The summed E-state index contributed by atoms with van der Waals surface area (Å²) in [5.74, 6) is -0.0466. The Labute approximate surface area is 139 Å². The lowest BCUT2D eigenvalue weighted by atomic mass is 10.1. The van der Waals surface area contributed by atoms with Crippen LogP contribution in [0.4, 0.5) is 5.69 Å². The van der Waals surface area contributed by atoms with Crippen molar-refractivity contribution in [3.05, 3.63) is 83.4 Å². The zero-order valence-electron chi connectivity index (χ0n) is 12.4. The molecular weight excluding hydrogens is 310 g/mol. The van der Waals surface area contributed by atoms with Crippen LogP contribution in [0.2, 0.25) is 5.02 Å². The van der Waals surface area contributed by atoms with E-state index in [4.69, 9.17) is 11.6 Å². The predicted molar refractivity (Wildman–Crippen MR) is 91.6 cm³/mol. The number of aromatic nitrogens is 2. The lowest BCUT2D eigenvalue weighted by Crippen LogP contribution is -2.14. The van der Waals surface area contributed by atoms with Crippen molar-refractivity contribution in [2.45, 2.75) is 13.0 Å². The molecule has 1 N–H and O–H groups in total. The maximum absolute atomic E-state index is 12.1. The maximum atomic E-state index is 12.1. The van der Waals surface area contributed by atoms with Crippen LogP contribution in [0.3, 0.4) is 0 Å². The van der Waals surface area contributed by atoms with E-state index >= 15 is 0 Å². The van der Waals surface area contributed by atoms with Crippen LogP contribution in [-0.2, 0) is 17.8 Å². The highest BCUT2D eigenvalue weighted by Gasteiger charge is 2.04. The molecule has 1 amide bonds. The highest BCUT2D eigenvalue weighted by atomic mass is 35.5. The Bertz CT molecular complexity index is 765. The van der Waals surface area contributed by atoms with Gasteiger partial charge in [-0.25, -0.2) is 4.98 Å². The summed E-state index contributed by atoms with van der Waals surface area (Å²) in [7, 11) is 0. The summed E-state index contributed by atoms with van der Waals surface area (Å²) in [6.45, 7) is 0.763. The molecule has 0 unspecified atom stereocenters. The summed E-state index contributed by atoms with van der Waals surface area (Å²) in [4.78, 5) is 16.1. The van der Waals surface area contributed by atoms with E-state index in [-0.39, 0.29) is 5.91 Å². The van der Waals surface area contributed by atoms with Crippen molar-refractivity contribution < 1.29 is 4.79 Å². The third-order valence-electron chi connectivity index (χ3n) is 3.44. The first kappa shape index (κ1) is 15.3. The van der Waals surface area contributed by atoms with Gasteiger partial charge in [-0.1, -0.05) is 35.9 Å². The summed E-state index contributed by atoms with van der Waals surface area (Å²) in [5.41, 5.74) is 2.88. The topological polar surface area (TPSA) is 46.9 Å². The van der Waals surface area contributed by atoms with Crippen molar-refractivity contribution in [2.75, 3.05) is 5.32 Å². The average Bonchev–Trinajstić information content (AvgIpc) is 3.04. The fourth-order valence-electron chi connectivity index (χ4n) is 2.28. The lowest BCUT2D eigenvalue weighted by molar-refractivity contribution is -0.115. The van der Waals surface area contributed by atoms with Gasteiger partial charge in [0.25, 0.3) is 0 Å². The standard InChI is InChI=1S/C18H16ClN3O/c19-16-5-1-14(2-6-16)11-18(23)21-17-7-3-15(4-8-17)12-22-10-9-20-13-22/h1-10,13H,11-12H2,(H,21,23). The molecule has 23 heavy (non-hydrogen) atoms. The van der Waals surface area contributed by atoms with Crippen molar-refractivity contribution in [3.63, 3.8) is 0 Å². The van der Waals surface area contributed by atoms with Gasteiger partial charge in [0.2, 0.25) is 5.91 Å². The Hall–Kier alpha value is -2.59. The Morgan fingerprint density at radius 1 is 1.04 bits per heavy atom. The van der Waals surface area contributed by atoms with Crippen LogP contribution in [-0.4, -0.2) is 15.5 Å². The molecular formula is C18H16ClN3O. The molecule has 0 saturated carbocycles. The van der Waals surface area contributed by atoms with Crippen LogP contribution in [0.1, 0.15) is 11.1 Å². The summed E-state index contributed by atoms with van der Waals surface area (Å²) >= 11 is 5.84. The second-order valence-corrected chi connectivity index (χ2v) is 5.72. The zero-order valence-corrected chi connectivity index (χ0v) is 13.2. The molecule has 116 valence electrons. The Balaban J connectivity index is 1.57. The van der Waals surface area contributed by atoms with E-state index in [0.717, 1.165) is 23.4 Å². The molecule has 3 aromatic rings. The van der Waals surface area contributed by atoms with E-state index < -0.39 is 0 Å². The second-order valence-electron chi connectivity index (χ2n) is 5.28. The van der Waals surface area contributed by atoms with Crippen LogP contribution in [0.25, 0.3) is 0 Å². The van der Waals surface area contributed by atoms with Crippen molar-refractivity contribution in [1.82, 2.24) is 9.55 Å². The molecule has 0 saturated heterocycles. The van der Waals surface area contributed by atoms with E-state index in [1.807, 2.05) is 47.2 Å². The van der Waals surface area contributed by atoms with Crippen molar-refractivity contribution in [1.29, 1.82) is 0 Å². The number of amides is 1. The SMILES string of the molecule is O=C(Cc1ccc(Cl)cc1)Nc1ccc(Cn2ccnc2)cc1. The lowest BCUT2D eigenvalue weighted by Gasteiger charge is -2.07. The van der Waals surface area contributed by atoms with Crippen LogP contribution < -0.4 is 5.32 Å². The number of hydrogen-bond donors (Lipinski definition) is 1. The smallest absolute Gasteiger partial charge is 0.228 e. The number of hydrogen-bond acceptors (Lipinski definition) is 2. The third-order valence-corrected chi connectivity index (χ3v) is 3.69. The first-order valence-electron chi connectivity index (χ1n) is 7.28. The molecule has 0 spiro atoms. The number of imidazole rings is 1. The van der Waals surface area contributed by atoms with Crippen LogP contribution in [0.15, 0.2) is 67.3 Å². The Morgan fingerprint density at radius 2 is 1.74 bits per heavy atom. The van der Waals surface area contributed by atoms with E-state index in [1.165, 1.54) is 0 Å². The molecule has 1 aromatic heterocycles. The van der Waals surface area contributed by atoms with Gasteiger partial charge >= 0.3 is 0 Å². The first-order chi connectivity index (χ1) is 11.2. The Kier molecular flexibility index (Phi) is 4.74. The molecule has 0 aliphatic carbocycles. The molecule has 0 atom stereocenters. The number of halogens is 1. The fraction of sp³-hybridized carbons (Fsp3) is 0.111. The van der Waals surface area contributed by atoms with Crippen LogP contribution in [0, 0.1) is 0 Å². The van der Waals surface area contributed by atoms with Gasteiger partial charge in [-0.15, -0.1) is 0 Å². The molecule has 3 rings (SSSR count). The first-order valence-corrected chi connectivity index (χ1v) is 7.66. The van der Waals surface area contributed by atoms with E-state index in [1.54, 1.807) is 24.7 Å². The van der Waals surface area contributed by atoms with Crippen molar-refractivity contribution in [3.8, 4) is 0 Å². The number of carbonyl (C=O) groups is 1. The van der Waals surface area contributed by atoms with Gasteiger partial charge in [0.15, 0.2) is 0 Å². The Morgan fingerprint density at radius 3 is 2.39 bits per heavy atom. The van der Waals surface area contributed by atoms with Gasteiger partial charge in [-0.05, 0) is 35.4 Å².